The normalized spacial score (nSPS) is 18.8. The SMILES string of the molecule is CCNC(=NCC1(c2ccccc2)CC1)NCCN(CCOC)C1CC1. The Morgan fingerprint density at radius 3 is 2.58 bits per heavy atom. The van der Waals surface area contributed by atoms with Gasteiger partial charge in [-0.2, -0.15) is 0 Å². The molecule has 2 saturated carbocycles. The van der Waals surface area contributed by atoms with Crippen LogP contribution >= 0.6 is 0 Å². The Hall–Kier alpha value is -1.59. The zero-order chi connectivity index (χ0) is 18.2. The van der Waals surface area contributed by atoms with Gasteiger partial charge in [0.15, 0.2) is 5.96 Å². The molecule has 0 unspecified atom stereocenters. The van der Waals surface area contributed by atoms with Crippen LogP contribution in [-0.2, 0) is 10.2 Å². The topological polar surface area (TPSA) is 48.9 Å². The maximum Gasteiger partial charge on any atom is 0.191 e. The number of nitrogens with one attached hydrogen (secondary N) is 2. The number of nitrogens with zero attached hydrogens (tertiary/aromatic N) is 2. The average molecular weight is 359 g/mol. The van der Waals surface area contributed by atoms with Crippen molar-refractivity contribution in [3.05, 3.63) is 35.9 Å². The second kappa shape index (κ2) is 9.38. The van der Waals surface area contributed by atoms with Gasteiger partial charge in [-0.1, -0.05) is 30.3 Å². The molecule has 0 aliphatic heterocycles. The van der Waals surface area contributed by atoms with Crippen LogP contribution in [0, 0.1) is 0 Å². The molecular formula is C21H34N4O. The lowest BCUT2D eigenvalue weighted by Gasteiger charge is -2.22. The Morgan fingerprint density at radius 1 is 1.19 bits per heavy atom. The summed E-state index contributed by atoms with van der Waals surface area (Å²) in [6.07, 6.45) is 5.15. The summed E-state index contributed by atoms with van der Waals surface area (Å²) in [5.74, 6) is 0.942. The van der Waals surface area contributed by atoms with Crippen molar-refractivity contribution in [2.24, 2.45) is 4.99 Å². The molecule has 0 spiro atoms. The van der Waals surface area contributed by atoms with E-state index < -0.39 is 0 Å². The van der Waals surface area contributed by atoms with Crippen molar-refractivity contribution in [2.45, 2.75) is 44.1 Å². The van der Waals surface area contributed by atoms with Crippen LogP contribution in [0.3, 0.4) is 0 Å². The number of ether oxygens (including phenoxy) is 1. The average Bonchev–Trinajstić information content (AvgIpc) is 3.57. The Balaban J connectivity index is 1.49. The quantitative estimate of drug-likeness (QED) is 0.471. The van der Waals surface area contributed by atoms with E-state index in [1.165, 1.54) is 31.2 Å². The highest BCUT2D eigenvalue weighted by Crippen LogP contribution is 2.48. The van der Waals surface area contributed by atoms with Crippen LogP contribution in [0.4, 0.5) is 0 Å². The van der Waals surface area contributed by atoms with Gasteiger partial charge in [0.25, 0.3) is 0 Å². The molecule has 144 valence electrons. The molecule has 5 heteroatoms. The number of hydrogen-bond acceptors (Lipinski definition) is 3. The van der Waals surface area contributed by atoms with Gasteiger partial charge in [0, 0.05) is 44.7 Å². The standard InChI is InChI=1S/C21H34N4O/c1-3-22-20(23-13-14-25(15-16-26-2)19-9-10-19)24-17-21(11-12-21)18-7-5-4-6-8-18/h4-8,19H,3,9-17H2,1-2H3,(H2,22,23,24). The highest BCUT2D eigenvalue weighted by atomic mass is 16.5. The van der Waals surface area contributed by atoms with Crippen LogP contribution in [-0.4, -0.2) is 63.3 Å². The maximum atomic E-state index is 5.24. The van der Waals surface area contributed by atoms with Gasteiger partial charge in [-0.3, -0.25) is 9.89 Å². The summed E-state index contributed by atoms with van der Waals surface area (Å²) in [5.41, 5.74) is 1.70. The summed E-state index contributed by atoms with van der Waals surface area (Å²) < 4.78 is 5.24. The van der Waals surface area contributed by atoms with Crippen molar-refractivity contribution in [1.29, 1.82) is 0 Å². The molecule has 2 aliphatic carbocycles. The summed E-state index contributed by atoms with van der Waals surface area (Å²) in [5, 5.41) is 6.91. The summed E-state index contributed by atoms with van der Waals surface area (Å²) in [7, 11) is 1.78. The number of aliphatic imine (C=N–C) groups is 1. The van der Waals surface area contributed by atoms with E-state index in [-0.39, 0.29) is 5.41 Å². The summed E-state index contributed by atoms with van der Waals surface area (Å²) in [6, 6.07) is 11.6. The fraction of sp³-hybridized carbons (Fsp3) is 0.667. The van der Waals surface area contributed by atoms with E-state index in [1.54, 1.807) is 7.11 Å². The molecule has 0 atom stereocenters. The number of guanidine groups is 1. The van der Waals surface area contributed by atoms with Crippen molar-refractivity contribution < 1.29 is 4.74 Å². The predicted molar refractivity (Wildman–Crippen MR) is 108 cm³/mol. The first-order chi connectivity index (χ1) is 12.8. The van der Waals surface area contributed by atoms with Crippen LogP contribution < -0.4 is 10.6 Å². The van der Waals surface area contributed by atoms with E-state index in [1.807, 2.05) is 0 Å². The smallest absolute Gasteiger partial charge is 0.191 e. The van der Waals surface area contributed by atoms with E-state index >= 15 is 0 Å². The largest absolute Gasteiger partial charge is 0.383 e. The molecule has 0 amide bonds. The minimum absolute atomic E-state index is 0.266. The van der Waals surface area contributed by atoms with Crippen molar-refractivity contribution in [1.82, 2.24) is 15.5 Å². The third-order valence-electron chi connectivity index (χ3n) is 5.46. The first-order valence-corrected chi connectivity index (χ1v) is 10.1. The molecule has 2 N–H and O–H groups in total. The lowest BCUT2D eigenvalue weighted by Crippen LogP contribution is -2.43. The lowest BCUT2D eigenvalue weighted by molar-refractivity contribution is 0.144. The van der Waals surface area contributed by atoms with Crippen molar-refractivity contribution in [3.8, 4) is 0 Å². The summed E-state index contributed by atoms with van der Waals surface area (Å²) in [4.78, 5) is 7.43. The molecule has 2 aliphatic rings. The van der Waals surface area contributed by atoms with Crippen LogP contribution in [0.1, 0.15) is 38.2 Å². The minimum atomic E-state index is 0.266. The summed E-state index contributed by atoms with van der Waals surface area (Å²) >= 11 is 0. The lowest BCUT2D eigenvalue weighted by atomic mass is 9.96. The van der Waals surface area contributed by atoms with E-state index in [9.17, 15) is 0 Å². The molecule has 1 aromatic carbocycles. The Labute approximate surface area is 158 Å². The number of benzene rings is 1. The third kappa shape index (κ3) is 5.45. The summed E-state index contributed by atoms with van der Waals surface area (Å²) in [6.45, 7) is 7.67. The molecule has 0 heterocycles. The van der Waals surface area contributed by atoms with E-state index in [0.717, 1.165) is 51.3 Å². The first-order valence-electron chi connectivity index (χ1n) is 10.1. The van der Waals surface area contributed by atoms with E-state index in [4.69, 9.17) is 9.73 Å². The number of rotatable bonds is 11. The minimum Gasteiger partial charge on any atom is -0.383 e. The third-order valence-corrected chi connectivity index (χ3v) is 5.46. The van der Waals surface area contributed by atoms with Crippen molar-refractivity contribution >= 4 is 5.96 Å². The number of hydrogen-bond donors (Lipinski definition) is 2. The van der Waals surface area contributed by atoms with Gasteiger partial charge in [-0.25, -0.2) is 0 Å². The number of methoxy groups -OCH3 is 1. The van der Waals surface area contributed by atoms with Gasteiger partial charge < -0.3 is 15.4 Å². The molecule has 1 aromatic rings. The molecule has 0 aromatic heterocycles. The molecule has 0 saturated heterocycles. The second-order valence-electron chi connectivity index (χ2n) is 7.53. The zero-order valence-electron chi connectivity index (χ0n) is 16.3. The molecular weight excluding hydrogens is 324 g/mol. The van der Waals surface area contributed by atoms with Crippen LogP contribution in [0.15, 0.2) is 35.3 Å². The molecule has 3 rings (SSSR count). The fourth-order valence-corrected chi connectivity index (χ4v) is 3.50. The van der Waals surface area contributed by atoms with Gasteiger partial charge in [0.1, 0.15) is 0 Å². The Morgan fingerprint density at radius 2 is 1.96 bits per heavy atom. The molecule has 26 heavy (non-hydrogen) atoms. The molecule has 0 bridgehead atoms. The van der Waals surface area contributed by atoms with Gasteiger partial charge in [0.2, 0.25) is 0 Å². The zero-order valence-corrected chi connectivity index (χ0v) is 16.3. The van der Waals surface area contributed by atoms with E-state index in [0.29, 0.717) is 0 Å². The van der Waals surface area contributed by atoms with Crippen LogP contribution in [0.2, 0.25) is 0 Å². The fourth-order valence-electron chi connectivity index (χ4n) is 3.50. The van der Waals surface area contributed by atoms with Gasteiger partial charge in [0.05, 0.1) is 13.2 Å². The van der Waals surface area contributed by atoms with Crippen molar-refractivity contribution in [2.75, 3.05) is 46.4 Å². The van der Waals surface area contributed by atoms with Crippen LogP contribution in [0.5, 0.6) is 0 Å². The molecule has 0 radical (unpaired) electrons. The predicted octanol–water partition coefficient (Wildman–Crippen LogP) is 2.38. The van der Waals surface area contributed by atoms with Gasteiger partial charge in [-0.05, 0) is 38.2 Å². The monoisotopic (exact) mass is 358 g/mol. The maximum absolute atomic E-state index is 5.24. The Kier molecular flexibility index (Phi) is 6.92. The molecule has 5 nitrogen and oxygen atoms in total. The van der Waals surface area contributed by atoms with E-state index in [2.05, 4.69) is 52.8 Å². The first kappa shape index (κ1) is 19.2. The highest BCUT2D eigenvalue weighted by molar-refractivity contribution is 5.79. The van der Waals surface area contributed by atoms with Crippen LogP contribution in [0.25, 0.3) is 0 Å². The second-order valence-corrected chi connectivity index (χ2v) is 7.53. The van der Waals surface area contributed by atoms with Crippen molar-refractivity contribution in [3.63, 3.8) is 0 Å². The van der Waals surface area contributed by atoms with Gasteiger partial charge in [-0.15, -0.1) is 0 Å². The molecule has 2 fully saturated rings. The highest BCUT2D eigenvalue weighted by Gasteiger charge is 2.44. The Bertz CT molecular complexity index is 567. The van der Waals surface area contributed by atoms with Gasteiger partial charge >= 0.3 is 0 Å².